The van der Waals surface area contributed by atoms with E-state index >= 15 is 0 Å². The number of halogens is 3. The molecular weight excluding hydrogens is 526 g/mol. The third kappa shape index (κ3) is 6.40. The highest BCUT2D eigenvalue weighted by molar-refractivity contribution is 6.30. The van der Waals surface area contributed by atoms with Gasteiger partial charge in [-0.1, -0.05) is 49.2 Å². The van der Waals surface area contributed by atoms with Crippen LogP contribution in [0.15, 0.2) is 66.7 Å². The fourth-order valence-corrected chi connectivity index (χ4v) is 5.47. The molecule has 1 heterocycles. The summed E-state index contributed by atoms with van der Waals surface area (Å²) in [5, 5.41) is 10.9. The third-order valence-electron chi connectivity index (χ3n) is 7.21. The van der Waals surface area contributed by atoms with E-state index in [1.54, 1.807) is 47.4 Å². The molecular formula is C30H31ClF2N2O4. The van der Waals surface area contributed by atoms with E-state index in [-0.39, 0.29) is 19.0 Å². The summed E-state index contributed by atoms with van der Waals surface area (Å²) in [6.07, 6.45) is 1.65. The molecule has 3 aromatic rings. The zero-order valence-corrected chi connectivity index (χ0v) is 22.6. The number of carboxylic acid groups (broad SMARTS) is 1. The Bertz CT molecular complexity index is 1320. The number of ether oxygens (including phenoxy) is 1. The Morgan fingerprint density at radius 3 is 2.38 bits per heavy atom. The number of methoxy groups -OCH3 is 1. The van der Waals surface area contributed by atoms with E-state index in [1.165, 1.54) is 13.2 Å². The zero-order chi connectivity index (χ0) is 28.1. The van der Waals surface area contributed by atoms with Crippen molar-refractivity contribution in [1.82, 2.24) is 4.90 Å². The summed E-state index contributed by atoms with van der Waals surface area (Å²) in [4.78, 5) is 29.9. The van der Waals surface area contributed by atoms with E-state index in [2.05, 4.69) is 0 Å². The maximum atomic E-state index is 14.2. The molecule has 1 fully saturated rings. The molecule has 1 aliphatic heterocycles. The highest BCUT2D eigenvalue weighted by Gasteiger charge is 2.48. The number of rotatable bonds is 10. The van der Waals surface area contributed by atoms with Crippen LogP contribution < -0.4 is 9.64 Å². The summed E-state index contributed by atoms with van der Waals surface area (Å²) in [6, 6.07) is 16.8. The molecule has 0 bridgehead atoms. The predicted molar refractivity (Wildman–Crippen MR) is 146 cm³/mol. The molecule has 0 saturated carbocycles. The van der Waals surface area contributed by atoms with Gasteiger partial charge in [-0.15, -0.1) is 0 Å². The molecule has 0 aliphatic carbocycles. The van der Waals surface area contributed by atoms with Crippen LogP contribution in [0.25, 0.3) is 0 Å². The van der Waals surface area contributed by atoms with Crippen molar-refractivity contribution >= 4 is 29.2 Å². The molecule has 0 unspecified atom stereocenters. The van der Waals surface area contributed by atoms with Gasteiger partial charge in [-0.2, -0.15) is 0 Å². The summed E-state index contributed by atoms with van der Waals surface area (Å²) < 4.78 is 33.2. The Balaban J connectivity index is 1.73. The lowest BCUT2D eigenvalue weighted by atomic mass is 9.83. The van der Waals surface area contributed by atoms with Gasteiger partial charge in [-0.25, -0.2) is 8.78 Å². The lowest BCUT2D eigenvalue weighted by molar-refractivity contribution is -0.143. The van der Waals surface area contributed by atoms with Gasteiger partial charge in [0.25, 0.3) is 0 Å². The number of unbranched alkanes of at least 4 members (excludes halogenated alkanes) is 1. The fraction of sp³-hybridized carbons (Fsp3) is 0.333. The Hall–Kier alpha value is -3.49. The minimum absolute atomic E-state index is 0.0725. The number of carbonyl (C=O) groups excluding carboxylic acids is 1. The molecule has 1 amide bonds. The van der Waals surface area contributed by atoms with Crippen molar-refractivity contribution < 1.29 is 28.2 Å². The fourth-order valence-electron chi connectivity index (χ4n) is 5.29. The van der Waals surface area contributed by atoms with E-state index in [1.807, 2.05) is 17.9 Å². The number of amides is 1. The number of aliphatic carboxylic acids is 1. The van der Waals surface area contributed by atoms with Gasteiger partial charge in [-0.3, -0.25) is 14.5 Å². The topological polar surface area (TPSA) is 70.1 Å². The van der Waals surface area contributed by atoms with Crippen molar-refractivity contribution in [2.24, 2.45) is 5.92 Å². The van der Waals surface area contributed by atoms with Crippen molar-refractivity contribution in [3.8, 4) is 5.75 Å². The van der Waals surface area contributed by atoms with Crippen molar-refractivity contribution in [1.29, 1.82) is 0 Å². The first-order chi connectivity index (χ1) is 18.7. The number of carboxylic acids is 1. The van der Waals surface area contributed by atoms with Gasteiger partial charge in [0.15, 0.2) is 11.6 Å². The van der Waals surface area contributed by atoms with Crippen molar-refractivity contribution in [2.75, 3.05) is 31.6 Å². The van der Waals surface area contributed by atoms with E-state index in [9.17, 15) is 23.5 Å². The lowest BCUT2D eigenvalue weighted by Crippen LogP contribution is -2.41. The van der Waals surface area contributed by atoms with Crippen molar-refractivity contribution in [2.45, 2.75) is 31.7 Å². The van der Waals surface area contributed by atoms with Gasteiger partial charge in [0.1, 0.15) is 5.75 Å². The Morgan fingerprint density at radius 1 is 1.05 bits per heavy atom. The van der Waals surface area contributed by atoms with Crippen molar-refractivity contribution in [3.63, 3.8) is 0 Å². The maximum absolute atomic E-state index is 14.2. The van der Waals surface area contributed by atoms with Gasteiger partial charge in [0.05, 0.1) is 19.6 Å². The smallest absolute Gasteiger partial charge is 0.309 e. The molecule has 0 spiro atoms. The molecule has 4 rings (SSSR count). The van der Waals surface area contributed by atoms with Gasteiger partial charge in [0, 0.05) is 35.8 Å². The molecule has 206 valence electrons. The summed E-state index contributed by atoms with van der Waals surface area (Å²) >= 11 is 6.21. The standard InChI is InChI=1S/C30H31ClF2N2O4/c1-3-4-14-35(22-7-5-6-21(31)16-22)27(36)18-34-17-24(20-10-13-25(32)26(33)15-20)28(30(37)38)29(34)19-8-11-23(39-2)12-9-19/h5-13,15-16,24,28-29H,3-4,14,17-18H2,1-2H3,(H,37,38)/t24-,28+,29-/m1/s1. The Morgan fingerprint density at radius 2 is 1.77 bits per heavy atom. The van der Waals surface area contributed by atoms with Crippen LogP contribution in [0, 0.1) is 17.6 Å². The molecule has 1 N–H and O–H groups in total. The van der Waals surface area contributed by atoms with Crippen LogP contribution in [0.4, 0.5) is 14.5 Å². The first-order valence-corrected chi connectivity index (χ1v) is 13.2. The first kappa shape index (κ1) is 28.5. The number of hydrogen-bond acceptors (Lipinski definition) is 4. The van der Waals surface area contributed by atoms with E-state index in [0.29, 0.717) is 34.1 Å². The van der Waals surface area contributed by atoms with Crippen LogP contribution in [0.3, 0.4) is 0 Å². The molecule has 0 aromatic heterocycles. The van der Waals surface area contributed by atoms with Crippen LogP contribution in [0.1, 0.15) is 42.9 Å². The summed E-state index contributed by atoms with van der Waals surface area (Å²) in [7, 11) is 1.54. The van der Waals surface area contributed by atoms with Crippen LogP contribution in [-0.4, -0.2) is 48.6 Å². The average molecular weight is 557 g/mol. The minimum atomic E-state index is -1.09. The third-order valence-corrected chi connectivity index (χ3v) is 7.44. The quantitative estimate of drug-likeness (QED) is 0.317. The molecule has 9 heteroatoms. The molecule has 3 aromatic carbocycles. The summed E-state index contributed by atoms with van der Waals surface area (Å²) in [5.74, 6) is -4.42. The Kier molecular flexibility index (Phi) is 9.20. The van der Waals surface area contributed by atoms with Crippen LogP contribution in [-0.2, 0) is 9.59 Å². The highest BCUT2D eigenvalue weighted by Crippen LogP contribution is 2.46. The highest BCUT2D eigenvalue weighted by atomic mass is 35.5. The predicted octanol–water partition coefficient (Wildman–Crippen LogP) is 6.30. The number of anilines is 1. The monoisotopic (exact) mass is 556 g/mol. The van der Waals surface area contributed by atoms with E-state index < -0.39 is 35.5 Å². The zero-order valence-electron chi connectivity index (χ0n) is 21.8. The second kappa shape index (κ2) is 12.6. The molecule has 1 saturated heterocycles. The number of likely N-dealkylation sites (tertiary alicyclic amines) is 1. The van der Waals surface area contributed by atoms with Gasteiger partial charge in [-0.05, 0) is 60.0 Å². The second-order valence-corrected chi connectivity index (χ2v) is 10.1. The molecule has 1 aliphatic rings. The second-order valence-electron chi connectivity index (χ2n) is 9.67. The van der Waals surface area contributed by atoms with Crippen molar-refractivity contribution in [3.05, 3.63) is 94.5 Å². The van der Waals surface area contributed by atoms with Gasteiger partial charge >= 0.3 is 5.97 Å². The van der Waals surface area contributed by atoms with E-state index in [0.717, 1.165) is 25.0 Å². The van der Waals surface area contributed by atoms with Crippen LogP contribution in [0.2, 0.25) is 5.02 Å². The summed E-state index contributed by atoms with van der Waals surface area (Å²) in [5.41, 5.74) is 1.71. The Labute approximate surface area is 231 Å². The maximum Gasteiger partial charge on any atom is 0.309 e. The molecule has 39 heavy (non-hydrogen) atoms. The number of hydrogen-bond donors (Lipinski definition) is 1. The summed E-state index contributed by atoms with van der Waals surface area (Å²) in [6.45, 7) is 2.61. The van der Waals surface area contributed by atoms with E-state index in [4.69, 9.17) is 16.3 Å². The van der Waals surface area contributed by atoms with Crippen LogP contribution in [0.5, 0.6) is 5.75 Å². The molecule has 0 radical (unpaired) electrons. The minimum Gasteiger partial charge on any atom is -0.497 e. The molecule has 3 atom stereocenters. The number of benzene rings is 3. The largest absolute Gasteiger partial charge is 0.497 e. The van der Waals surface area contributed by atoms with Gasteiger partial charge in [0.2, 0.25) is 5.91 Å². The lowest BCUT2D eigenvalue weighted by Gasteiger charge is -2.30. The molecule has 6 nitrogen and oxygen atoms in total. The number of nitrogens with zero attached hydrogens (tertiary/aromatic N) is 2. The SMILES string of the molecule is CCCCN(C(=O)CN1C[C@H](c2ccc(F)c(F)c2)[C@H](C(=O)O)[C@H]1c1ccc(OC)cc1)c1cccc(Cl)c1. The number of carbonyl (C=O) groups is 2. The first-order valence-electron chi connectivity index (χ1n) is 12.8. The average Bonchev–Trinajstić information content (AvgIpc) is 3.30. The van der Waals surface area contributed by atoms with Gasteiger partial charge < -0.3 is 14.7 Å². The van der Waals surface area contributed by atoms with Crippen LogP contribution >= 0.6 is 11.6 Å². The normalized spacial score (nSPS) is 19.2.